The maximum Gasteiger partial charge on any atom is 0.332 e. The molecule has 2 rings (SSSR count). The van der Waals surface area contributed by atoms with Gasteiger partial charge in [0.1, 0.15) is 0 Å². The van der Waals surface area contributed by atoms with Gasteiger partial charge in [0, 0.05) is 13.2 Å². The molecule has 1 aromatic carbocycles. The van der Waals surface area contributed by atoms with E-state index in [1.165, 1.54) is 5.56 Å². The van der Waals surface area contributed by atoms with Crippen molar-refractivity contribution in [3.8, 4) is 0 Å². The highest BCUT2D eigenvalue weighted by atomic mass is 16.5. The molecule has 88 valence electrons. The van der Waals surface area contributed by atoms with Crippen LogP contribution in [0.3, 0.4) is 0 Å². The summed E-state index contributed by atoms with van der Waals surface area (Å²) in [5.41, 5.74) is 6.54. The van der Waals surface area contributed by atoms with Gasteiger partial charge in [-0.15, -0.1) is 0 Å². The first-order valence-corrected chi connectivity index (χ1v) is 5.32. The van der Waals surface area contributed by atoms with Crippen molar-refractivity contribution >= 4 is 5.97 Å². The maximum absolute atomic E-state index is 10.1. The molecule has 0 aliphatic carbocycles. The fourth-order valence-electron chi connectivity index (χ4n) is 1.39. The molecule has 0 radical (unpaired) electrons. The van der Waals surface area contributed by atoms with E-state index in [0.717, 1.165) is 6.42 Å². The minimum Gasteiger partial charge on any atom is -0.479 e. The molecule has 16 heavy (non-hydrogen) atoms. The predicted octanol–water partition coefficient (Wildman–Crippen LogP) is 1.40. The highest BCUT2D eigenvalue weighted by Gasteiger charge is 2.21. The fraction of sp³-hybridized carbons (Fsp3) is 0.417. The van der Waals surface area contributed by atoms with Crippen LogP contribution < -0.4 is 5.73 Å². The van der Waals surface area contributed by atoms with Gasteiger partial charge >= 0.3 is 5.97 Å². The normalized spacial score (nSPS) is 18.7. The standard InChI is InChI=1S/C7H9N.C5H8O3/c8-6-7-4-2-1-3-5-7;6-5(7)4-2-1-3-8-4/h1-5H,6,8H2;4H,1-3H2,(H,6,7)/t;4-/m.0/s1. The Bertz CT molecular complexity index is 307. The van der Waals surface area contributed by atoms with E-state index in [4.69, 9.17) is 15.6 Å². The van der Waals surface area contributed by atoms with Crippen LogP contribution in [0.5, 0.6) is 0 Å². The molecule has 1 atom stereocenters. The average Bonchev–Trinajstić information content (AvgIpc) is 2.85. The molecule has 0 saturated carbocycles. The summed E-state index contributed by atoms with van der Waals surface area (Å²) >= 11 is 0. The number of carboxylic acid groups (broad SMARTS) is 1. The van der Waals surface area contributed by atoms with E-state index in [0.29, 0.717) is 19.6 Å². The van der Waals surface area contributed by atoms with Crippen LogP contribution in [-0.4, -0.2) is 23.8 Å². The largest absolute Gasteiger partial charge is 0.479 e. The van der Waals surface area contributed by atoms with Crippen LogP contribution >= 0.6 is 0 Å². The topological polar surface area (TPSA) is 72.6 Å². The zero-order chi connectivity index (χ0) is 11.8. The summed E-state index contributed by atoms with van der Waals surface area (Å²) in [4.78, 5) is 10.1. The van der Waals surface area contributed by atoms with Crippen LogP contribution in [0.1, 0.15) is 18.4 Å². The van der Waals surface area contributed by atoms with Gasteiger partial charge in [-0.1, -0.05) is 30.3 Å². The zero-order valence-electron chi connectivity index (χ0n) is 9.13. The molecule has 1 aromatic rings. The van der Waals surface area contributed by atoms with E-state index in [-0.39, 0.29) is 0 Å². The number of rotatable bonds is 2. The van der Waals surface area contributed by atoms with Crippen LogP contribution in [0.4, 0.5) is 0 Å². The number of benzene rings is 1. The maximum atomic E-state index is 10.1. The number of ether oxygens (including phenoxy) is 1. The van der Waals surface area contributed by atoms with Crippen molar-refractivity contribution in [2.45, 2.75) is 25.5 Å². The third-order valence-electron chi connectivity index (χ3n) is 2.28. The summed E-state index contributed by atoms with van der Waals surface area (Å²) in [6.45, 7) is 1.25. The van der Waals surface area contributed by atoms with Crippen LogP contribution in [0.15, 0.2) is 30.3 Å². The first kappa shape index (κ1) is 12.7. The summed E-state index contributed by atoms with van der Waals surface area (Å²) in [5.74, 6) is -0.831. The summed E-state index contributed by atoms with van der Waals surface area (Å²) in [7, 11) is 0. The monoisotopic (exact) mass is 223 g/mol. The van der Waals surface area contributed by atoms with Gasteiger partial charge in [0.15, 0.2) is 6.10 Å². The lowest BCUT2D eigenvalue weighted by molar-refractivity contribution is -0.147. The molecule has 1 heterocycles. The molecule has 0 amide bonds. The van der Waals surface area contributed by atoms with Gasteiger partial charge < -0.3 is 15.6 Å². The Morgan fingerprint density at radius 3 is 2.44 bits per heavy atom. The number of nitrogens with two attached hydrogens (primary N) is 1. The molecule has 1 saturated heterocycles. The number of carboxylic acids is 1. The second-order valence-electron chi connectivity index (χ2n) is 3.53. The number of hydrogen-bond acceptors (Lipinski definition) is 3. The molecule has 0 bridgehead atoms. The van der Waals surface area contributed by atoms with Gasteiger partial charge in [-0.2, -0.15) is 0 Å². The fourth-order valence-corrected chi connectivity index (χ4v) is 1.39. The van der Waals surface area contributed by atoms with Crippen molar-refractivity contribution in [1.29, 1.82) is 0 Å². The van der Waals surface area contributed by atoms with Gasteiger partial charge in [-0.3, -0.25) is 0 Å². The summed E-state index contributed by atoms with van der Waals surface area (Å²) < 4.78 is 4.81. The van der Waals surface area contributed by atoms with E-state index < -0.39 is 12.1 Å². The van der Waals surface area contributed by atoms with Crippen LogP contribution in [0.25, 0.3) is 0 Å². The molecule has 1 aliphatic rings. The summed E-state index contributed by atoms with van der Waals surface area (Å²) in [5, 5.41) is 8.29. The zero-order valence-corrected chi connectivity index (χ0v) is 9.13. The summed E-state index contributed by atoms with van der Waals surface area (Å²) in [6, 6.07) is 9.99. The van der Waals surface area contributed by atoms with Crippen molar-refractivity contribution in [3.05, 3.63) is 35.9 Å². The van der Waals surface area contributed by atoms with Crippen molar-refractivity contribution < 1.29 is 14.6 Å². The second-order valence-corrected chi connectivity index (χ2v) is 3.53. The summed E-state index contributed by atoms with van der Waals surface area (Å²) in [6.07, 6.45) is 1.04. The molecule has 3 N–H and O–H groups in total. The average molecular weight is 223 g/mol. The Morgan fingerprint density at radius 1 is 1.44 bits per heavy atom. The van der Waals surface area contributed by atoms with Gasteiger partial charge in [-0.05, 0) is 18.4 Å². The van der Waals surface area contributed by atoms with Crippen molar-refractivity contribution in [3.63, 3.8) is 0 Å². The Morgan fingerprint density at radius 2 is 2.12 bits per heavy atom. The predicted molar refractivity (Wildman–Crippen MR) is 60.9 cm³/mol. The molecule has 0 aromatic heterocycles. The molecule has 4 nitrogen and oxygen atoms in total. The Kier molecular flexibility index (Phi) is 5.53. The highest BCUT2D eigenvalue weighted by molar-refractivity contribution is 5.72. The van der Waals surface area contributed by atoms with Crippen LogP contribution in [0, 0.1) is 0 Å². The van der Waals surface area contributed by atoms with E-state index in [1.54, 1.807) is 0 Å². The van der Waals surface area contributed by atoms with E-state index in [1.807, 2.05) is 30.3 Å². The molecule has 0 spiro atoms. The third kappa shape index (κ3) is 4.42. The van der Waals surface area contributed by atoms with Gasteiger partial charge in [0.05, 0.1) is 0 Å². The van der Waals surface area contributed by atoms with Crippen molar-refractivity contribution in [1.82, 2.24) is 0 Å². The number of aliphatic carboxylic acids is 1. The second kappa shape index (κ2) is 6.98. The minimum atomic E-state index is -0.831. The first-order valence-electron chi connectivity index (χ1n) is 5.32. The lowest BCUT2D eigenvalue weighted by Crippen LogP contribution is -2.17. The quantitative estimate of drug-likeness (QED) is 0.794. The lowest BCUT2D eigenvalue weighted by Gasteiger charge is -1.98. The van der Waals surface area contributed by atoms with E-state index in [9.17, 15) is 4.79 Å². The van der Waals surface area contributed by atoms with Crippen LogP contribution in [-0.2, 0) is 16.1 Å². The molecular formula is C12H17NO3. The van der Waals surface area contributed by atoms with Crippen LogP contribution in [0.2, 0.25) is 0 Å². The van der Waals surface area contributed by atoms with Gasteiger partial charge in [-0.25, -0.2) is 4.79 Å². The number of carbonyl (C=O) groups is 1. The Hall–Kier alpha value is -1.39. The third-order valence-corrected chi connectivity index (χ3v) is 2.28. The Balaban J connectivity index is 0.000000160. The molecule has 0 unspecified atom stereocenters. The lowest BCUT2D eigenvalue weighted by atomic mass is 10.2. The first-order chi connectivity index (χ1) is 7.74. The smallest absolute Gasteiger partial charge is 0.332 e. The van der Waals surface area contributed by atoms with Gasteiger partial charge in [0.2, 0.25) is 0 Å². The van der Waals surface area contributed by atoms with Gasteiger partial charge in [0.25, 0.3) is 0 Å². The molecule has 1 aliphatic heterocycles. The Labute approximate surface area is 95.0 Å². The SMILES string of the molecule is NCc1ccccc1.O=C(O)[C@@H]1CCCO1. The minimum absolute atomic E-state index is 0.519. The van der Waals surface area contributed by atoms with Crippen molar-refractivity contribution in [2.75, 3.05) is 6.61 Å². The van der Waals surface area contributed by atoms with Crippen molar-refractivity contribution in [2.24, 2.45) is 5.73 Å². The highest BCUT2D eigenvalue weighted by Crippen LogP contribution is 2.10. The molecular weight excluding hydrogens is 206 g/mol. The van der Waals surface area contributed by atoms with E-state index in [2.05, 4.69) is 0 Å². The molecule has 4 heteroatoms. The molecule has 1 fully saturated rings. The number of hydrogen-bond donors (Lipinski definition) is 2. The van der Waals surface area contributed by atoms with E-state index >= 15 is 0 Å².